The minimum Gasteiger partial charge on any atom is -0.315 e. The van der Waals surface area contributed by atoms with Crippen molar-refractivity contribution < 1.29 is 0 Å². The third kappa shape index (κ3) is 1.88. The predicted octanol–water partition coefficient (Wildman–Crippen LogP) is 3.43. The fourth-order valence-corrected chi connectivity index (χ4v) is 3.36. The molecule has 5 heteroatoms. The van der Waals surface area contributed by atoms with Gasteiger partial charge in [-0.2, -0.15) is 0 Å². The SMILES string of the molecule is CNCc1c(Br)n2c3cc(C(C)C)ccc3nc2n1C. The molecule has 0 aliphatic heterocycles. The van der Waals surface area contributed by atoms with Gasteiger partial charge in [-0.15, -0.1) is 0 Å². The summed E-state index contributed by atoms with van der Waals surface area (Å²) < 4.78 is 5.40. The summed E-state index contributed by atoms with van der Waals surface area (Å²) in [5, 5.41) is 3.20. The predicted molar refractivity (Wildman–Crippen MR) is 86.2 cm³/mol. The molecule has 3 aromatic rings. The summed E-state index contributed by atoms with van der Waals surface area (Å²) in [7, 11) is 4.01. The first kappa shape index (κ1) is 13.6. The molecule has 0 aliphatic carbocycles. The van der Waals surface area contributed by atoms with Gasteiger partial charge in [0.05, 0.1) is 16.7 Å². The van der Waals surface area contributed by atoms with Crippen LogP contribution in [0, 0.1) is 0 Å². The largest absolute Gasteiger partial charge is 0.315 e. The van der Waals surface area contributed by atoms with E-state index >= 15 is 0 Å². The number of aryl methyl sites for hydroxylation is 1. The second kappa shape index (κ2) is 4.90. The molecule has 0 saturated heterocycles. The maximum absolute atomic E-state index is 4.75. The molecule has 0 unspecified atom stereocenters. The number of hydrogen-bond donors (Lipinski definition) is 1. The highest BCUT2D eigenvalue weighted by molar-refractivity contribution is 9.10. The monoisotopic (exact) mass is 334 g/mol. The molecular weight excluding hydrogens is 316 g/mol. The van der Waals surface area contributed by atoms with Crippen LogP contribution in [0.4, 0.5) is 0 Å². The van der Waals surface area contributed by atoms with Gasteiger partial charge in [-0.3, -0.25) is 4.40 Å². The Morgan fingerprint density at radius 1 is 1.35 bits per heavy atom. The fraction of sp³-hybridized carbons (Fsp3) is 0.400. The van der Waals surface area contributed by atoms with Crippen molar-refractivity contribution in [2.24, 2.45) is 7.05 Å². The Balaban J connectivity index is 2.35. The number of nitrogens with zero attached hydrogens (tertiary/aromatic N) is 3. The maximum Gasteiger partial charge on any atom is 0.215 e. The molecule has 0 bridgehead atoms. The first-order chi connectivity index (χ1) is 9.54. The normalized spacial score (nSPS) is 12.1. The highest BCUT2D eigenvalue weighted by atomic mass is 79.9. The van der Waals surface area contributed by atoms with Crippen LogP contribution in [0.15, 0.2) is 22.8 Å². The Morgan fingerprint density at radius 2 is 2.10 bits per heavy atom. The van der Waals surface area contributed by atoms with E-state index < -0.39 is 0 Å². The molecule has 0 atom stereocenters. The zero-order valence-corrected chi connectivity index (χ0v) is 13.8. The average Bonchev–Trinajstić information content (AvgIpc) is 2.90. The number of rotatable bonds is 3. The highest BCUT2D eigenvalue weighted by Gasteiger charge is 2.17. The zero-order chi connectivity index (χ0) is 14.4. The van der Waals surface area contributed by atoms with Gasteiger partial charge in [-0.25, -0.2) is 4.98 Å². The molecule has 0 saturated carbocycles. The summed E-state index contributed by atoms with van der Waals surface area (Å²) >= 11 is 3.73. The van der Waals surface area contributed by atoms with Gasteiger partial charge >= 0.3 is 0 Å². The van der Waals surface area contributed by atoms with Crippen LogP contribution in [0.1, 0.15) is 31.0 Å². The van der Waals surface area contributed by atoms with E-state index in [1.165, 1.54) is 11.3 Å². The lowest BCUT2D eigenvalue weighted by Gasteiger charge is -2.05. The number of fused-ring (bicyclic) bond motifs is 3. The highest BCUT2D eigenvalue weighted by Crippen LogP contribution is 2.29. The van der Waals surface area contributed by atoms with Gasteiger partial charge in [0.1, 0.15) is 4.60 Å². The zero-order valence-electron chi connectivity index (χ0n) is 12.2. The van der Waals surface area contributed by atoms with E-state index in [4.69, 9.17) is 4.98 Å². The van der Waals surface area contributed by atoms with Crippen molar-refractivity contribution in [2.75, 3.05) is 7.05 Å². The van der Waals surface area contributed by atoms with E-state index in [0.29, 0.717) is 5.92 Å². The maximum atomic E-state index is 4.75. The molecule has 2 heterocycles. The van der Waals surface area contributed by atoms with Crippen LogP contribution in [0.25, 0.3) is 16.8 Å². The van der Waals surface area contributed by atoms with Crippen molar-refractivity contribution in [3.05, 3.63) is 34.1 Å². The molecule has 106 valence electrons. The van der Waals surface area contributed by atoms with E-state index in [9.17, 15) is 0 Å². The first-order valence-electron chi connectivity index (χ1n) is 6.84. The van der Waals surface area contributed by atoms with E-state index in [0.717, 1.165) is 28.0 Å². The Kier molecular flexibility index (Phi) is 3.34. The van der Waals surface area contributed by atoms with Gasteiger partial charge in [-0.05, 0) is 46.6 Å². The van der Waals surface area contributed by atoms with Crippen LogP contribution in [-0.2, 0) is 13.6 Å². The number of hydrogen-bond acceptors (Lipinski definition) is 2. The van der Waals surface area contributed by atoms with Gasteiger partial charge in [0.15, 0.2) is 0 Å². The van der Waals surface area contributed by atoms with Crippen molar-refractivity contribution in [3.63, 3.8) is 0 Å². The first-order valence-corrected chi connectivity index (χ1v) is 7.63. The van der Waals surface area contributed by atoms with Crippen molar-refractivity contribution in [1.29, 1.82) is 0 Å². The summed E-state index contributed by atoms with van der Waals surface area (Å²) in [6.07, 6.45) is 0. The number of imidazole rings is 2. The van der Waals surface area contributed by atoms with Gasteiger partial charge < -0.3 is 9.88 Å². The molecule has 0 fully saturated rings. The number of halogens is 1. The number of aromatic nitrogens is 3. The van der Waals surface area contributed by atoms with E-state index in [-0.39, 0.29) is 0 Å². The second-order valence-electron chi connectivity index (χ2n) is 5.48. The molecular formula is C15H19BrN4. The molecule has 0 radical (unpaired) electrons. The lowest BCUT2D eigenvalue weighted by Crippen LogP contribution is -2.09. The third-order valence-electron chi connectivity index (χ3n) is 3.81. The molecule has 4 nitrogen and oxygen atoms in total. The fourth-order valence-electron chi connectivity index (χ4n) is 2.60. The third-order valence-corrected chi connectivity index (χ3v) is 4.62. The minimum atomic E-state index is 0.518. The molecule has 0 aliphatic rings. The smallest absolute Gasteiger partial charge is 0.215 e. The summed E-state index contributed by atoms with van der Waals surface area (Å²) in [6, 6.07) is 6.53. The second-order valence-corrected chi connectivity index (χ2v) is 6.23. The standard InChI is InChI=1S/C15H19BrN4/c1-9(2)10-5-6-11-12(7-10)20-14(16)13(8-17-3)19(4)15(20)18-11/h5-7,9,17H,8H2,1-4H3. The van der Waals surface area contributed by atoms with Crippen LogP contribution in [-0.4, -0.2) is 21.0 Å². The Labute approximate surface area is 126 Å². The van der Waals surface area contributed by atoms with Crippen LogP contribution >= 0.6 is 15.9 Å². The van der Waals surface area contributed by atoms with Crippen molar-refractivity contribution in [1.82, 2.24) is 19.3 Å². The Morgan fingerprint density at radius 3 is 2.75 bits per heavy atom. The van der Waals surface area contributed by atoms with Gasteiger partial charge in [0.25, 0.3) is 0 Å². The molecule has 3 rings (SSSR count). The summed E-state index contributed by atoms with van der Waals surface area (Å²) in [6.45, 7) is 5.24. The Bertz CT molecular complexity index is 782. The lowest BCUT2D eigenvalue weighted by molar-refractivity contribution is 0.738. The minimum absolute atomic E-state index is 0.518. The summed E-state index contributed by atoms with van der Waals surface area (Å²) in [5.74, 6) is 1.49. The van der Waals surface area contributed by atoms with Gasteiger partial charge in [-0.1, -0.05) is 19.9 Å². The van der Waals surface area contributed by atoms with Gasteiger partial charge in [0, 0.05) is 13.6 Å². The molecule has 1 aromatic carbocycles. The topological polar surface area (TPSA) is 34.3 Å². The van der Waals surface area contributed by atoms with Crippen molar-refractivity contribution in [2.45, 2.75) is 26.3 Å². The van der Waals surface area contributed by atoms with E-state index in [2.05, 4.69) is 69.3 Å². The van der Waals surface area contributed by atoms with E-state index in [1.807, 2.05) is 7.05 Å². The van der Waals surface area contributed by atoms with Crippen molar-refractivity contribution >= 4 is 32.7 Å². The van der Waals surface area contributed by atoms with E-state index in [1.54, 1.807) is 0 Å². The number of benzene rings is 1. The van der Waals surface area contributed by atoms with Crippen LogP contribution in [0.3, 0.4) is 0 Å². The molecule has 0 spiro atoms. The summed E-state index contributed by atoms with van der Waals surface area (Å²) in [5.41, 5.74) is 4.74. The number of nitrogens with one attached hydrogen (secondary N) is 1. The molecule has 1 N–H and O–H groups in total. The Hall–Kier alpha value is -1.33. The average molecular weight is 335 g/mol. The molecule has 0 amide bonds. The van der Waals surface area contributed by atoms with Crippen LogP contribution in [0.5, 0.6) is 0 Å². The molecule has 20 heavy (non-hydrogen) atoms. The quantitative estimate of drug-likeness (QED) is 0.796. The lowest BCUT2D eigenvalue weighted by atomic mass is 10.0. The van der Waals surface area contributed by atoms with Crippen molar-refractivity contribution in [3.8, 4) is 0 Å². The molecule has 2 aromatic heterocycles. The van der Waals surface area contributed by atoms with Gasteiger partial charge in [0.2, 0.25) is 5.78 Å². The summed E-state index contributed by atoms with van der Waals surface area (Å²) in [4.78, 5) is 4.75. The van der Waals surface area contributed by atoms with Crippen LogP contribution < -0.4 is 5.32 Å². The van der Waals surface area contributed by atoms with Crippen LogP contribution in [0.2, 0.25) is 0 Å².